The van der Waals surface area contributed by atoms with E-state index in [1.54, 1.807) is 0 Å². The van der Waals surface area contributed by atoms with E-state index in [0.29, 0.717) is 12.8 Å². The van der Waals surface area contributed by atoms with Gasteiger partial charge in [-0.3, -0.25) is 9.59 Å². The van der Waals surface area contributed by atoms with Crippen LogP contribution in [0.25, 0.3) is 16.6 Å². The number of Topliss-reactive ketones (excluding diaryl/α,β-unsaturated/α-hetero) is 2. The highest BCUT2D eigenvalue weighted by molar-refractivity contribution is 7.12. The summed E-state index contributed by atoms with van der Waals surface area (Å²) in [6.45, 7) is 2.20. The molecule has 1 fully saturated rings. The van der Waals surface area contributed by atoms with Crippen LogP contribution in [0.1, 0.15) is 50.4 Å². The number of anilines is 1. The Morgan fingerprint density at radius 2 is 1.47 bits per heavy atom. The van der Waals surface area contributed by atoms with Crippen molar-refractivity contribution in [2.45, 2.75) is 32.1 Å². The number of fused-ring (bicyclic) bond motifs is 1. The fourth-order valence-corrected chi connectivity index (χ4v) is 5.83. The van der Waals surface area contributed by atoms with Crippen molar-refractivity contribution in [3.05, 3.63) is 112 Å². The highest BCUT2D eigenvalue weighted by Gasteiger charge is 2.14. The molecule has 2 aromatic heterocycles. The van der Waals surface area contributed by atoms with E-state index in [4.69, 9.17) is 0 Å². The number of benzene rings is 3. The Hall–Kier alpha value is -4.03. The van der Waals surface area contributed by atoms with Crippen LogP contribution >= 0.6 is 11.3 Å². The van der Waals surface area contributed by atoms with Gasteiger partial charge in [-0.1, -0.05) is 24.3 Å². The predicted molar refractivity (Wildman–Crippen MR) is 154 cm³/mol. The van der Waals surface area contributed by atoms with Crippen LogP contribution in [0.15, 0.2) is 90.4 Å². The maximum absolute atomic E-state index is 13.0. The van der Waals surface area contributed by atoms with Crippen LogP contribution in [-0.2, 0) is 12.8 Å². The molecule has 5 aromatic rings. The van der Waals surface area contributed by atoms with Crippen LogP contribution in [0.5, 0.6) is 0 Å². The molecular formula is C32H29N3O2S. The number of thiophene rings is 1. The van der Waals surface area contributed by atoms with Crippen molar-refractivity contribution in [2.75, 3.05) is 18.0 Å². The fraction of sp³-hybridized carbons (Fsp3) is 0.219. The molecule has 0 radical (unpaired) electrons. The molecule has 3 heterocycles. The molecule has 3 aromatic carbocycles. The molecule has 6 heteroatoms. The lowest BCUT2D eigenvalue weighted by Gasteiger charge is -2.28. The quantitative estimate of drug-likeness (QED) is 0.209. The monoisotopic (exact) mass is 519 g/mol. The molecule has 0 N–H and O–H groups in total. The molecule has 0 spiro atoms. The first-order chi connectivity index (χ1) is 18.6. The summed E-state index contributed by atoms with van der Waals surface area (Å²) < 4.78 is 1.89. The maximum Gasteiger partial charge on any atom is 0.177 e. The highest BCUT2D eigenvalue weighted by atomic mass is 32.1. The molecule has 6 rings (SSSR count). The van der Waals surface area contributed by atoms with Crippen LogP contribution in [0.4, 0.5) is 5.69 Å². The Morgan fingerprint density at radius 1 is 0.763 bits per heavy atom. The van der Waals surface area contributed by atoms with Crippen LogP contribution in [-0.4, -0.2) is 34.4 Å². The van der Waals surface area contributed by atoms with E-state index >= 15 is 0 Å². The third-order valence-corrected chi connectivity index (χ3v) is 8.16. The highest BCUT2D eigenvalue weighted by Crippen LogP contribution is 2.23. The van der Waals surface area contributed by atoms with Gasteiger partial charge in [0.25, 0.3) is 0 Å². The van der Waals surface area contributed by atoms with Gasteiger partial charge in [0.05, 0.1) is 22.3 Å². The molecule has 38 heavy (non-hydrogen) atoms. The normalized spacial score (nSPS) is 13.6. The average molecular weight is 520 g/mol. The molecule has 190 valence electrons. The third-order valence-electron chi connectivity index (χ3n) is 7.25. The Kier molecular flexibility index (Phi) is 6.88. The molecule has 0 amide bonds. The molecule has 0 saturated carbocycles. The number of rotatable bonds is 8. The second-order valence-electron chi connectivity index (χ2n) is 9.89. The number of nitrogens with zero attached hydrogens (tertiary/aromatic N) is 3. The van der Waals surface area contributed by atoms with Crippen molar-refractivity contribution in [3.63, 3.8) is 0 Å². The number of piperidine rings is 1. The molecule has 1 aliphatic heterocycles. The van der Waals surface area contributed by atoms with E-state index in [1.165, 1.54) is 36.3 Å². The zero-order chi connectivity index (χ0) is 25.9. The van der Waals surface area contributed by atoms with Gasteiger partial charge >= 0.3 is 0 Å². The first-order valence-corrected chi connectivity index (χ1v) is 14.0. The maximum atomic E-state index is 13.0. The first kappa shape index (κ1) is 24.3. The second kappa shape index (κ2) is 10.8. The summed E-state index contributed by atoms with van der Waals surface area (Å²) in [5.41, 5.74) is 5.83. The molecular weight excluding hydrogens is 490 g/mol. The number of carbonyl (C=O) groups excluding carboxylic acids is 2. The lowest BCUT2D eigenvalue weighted by Crippen LogP contribution is -2.29. The van der Waals surface area contributed by atoms with E-state index in [0.717, 1.165) is 51.2 Å². The molecule has 1 aliphatic rings. The van der Waals surface area contributed by atoms with E-state index in [1.807, 2.05) is 83.0 Å². The van der Waals surface area contributed by atoms with E-state index < -0.39 is 0 Å². The molecule has 0 bridgehead atoms. The number of hydrogen-bond donors (Lipinski definition) is 0. The standard InChI is InChI=1S/C32H29N3O2S/c36-30(25-9-13-27(14-10-25)34-16-2-1-3-17-34)21-24-8-15-29-26(19-24)22-33-35(29)28-11-6-23(7-12-28)20-31(37)32-5-4-18-38-32/h4-15,18-19,22H,1-3,16-17,20-21H2. The van der Waals surface area contributed by atoms with Gasteiger partial charge in [0.1, 0.15) is 0 Å². The van der Waals surface area contributed by atoms with Gasteiger partial charge in [0.2, 0.25) is 0 Å². The molecule has 0 unspecified atom stereocenters. The zero-order valence-corrected chi connectivity index (χ0v) is 22.0. The van der Waals surface area contributed by atoms with Gasteiger partial charge < -0.3 is 4.90 Å². The minimum Gasteiger partial charge on any atom is -0.372 e. The van der Waals surface area contributed by atoms with E-state index in [-0.39, 0.29) is 11.6 Å². The lowest BCUT2D eigenvalue weighted by molar-refractivity contribution is 0.0986. The Labute approximate surface area is 226 Å². The van der Waals surface area contributed by atoms with Crippen molar-refractivity contribution < 1.29 is 9.59 Å². The van der Waals surface area contributed by atoms with Gasteiger partial charge in [-0.15, -0.1) is 11.3 Å². The second-order valence-corrected chi connectivity index (χ2v) is 10.8. The molecule has 1 saturated heterocycles. The Bertz CT molecular complexity index is 1560. The molecule has 0 aliphatic carbocycles. The smallest absolute Gasteiger partial charge is 0.177 e. The van der Waals surface area contributed by atoms with Crippen molar-refractivity contribution >= 4 is 39.5 Å². The largest absolute Gasteiger partial charge is 0.372 e. The fourth-order valence-electron chi connectivity index (χ4n) is 5.16. The van der Waals surface area contributed by atoms with Crippen molar-refractivity contribution in [1.82, 2.24) is 9.78 Å². The summed E-state index contributed by atoms with van der Waals surface area (Å²) in [7, 11) is 0. The summed E-state index contributed by atoms with van der Waals surface area (Å²) in [6.07, 6.45) is 6.37. The zero-order valence-electron chi connectivity index (χ0n) is 21.2. The lowest BCUT2D eigenvalue weighted by atomic mass is 10.0. The molecule has 5 nitrogen and oxygen atoms in total. The number of carbonyl (C=O) groups is 2. The SMILES string of the molecule is O=C(Cc1ccc2c(cnn2-c2ccc(CC(=O)c3cccs3)cc2)c1)c1ccc(N2CCCCC2)cc1. The summed E-state index contributed by atoms with van der Waals surface area (Å²) in [5, 5.41) is 7.51. The summed E-state index contributed by atoms with van der Waals surface area (Å²) in [6, 6.07) is 25.9. The van der Waals surface area contributed by atoms with Crippen LogP contribution in [0.3, 0.4) is 0 Å². The number of hydrogen-bond acceptors (Lipinski definition) is 5. The Balaban J connectivity index is 1.13. The van der Waals surface area contributed by atoms with Crippen LogP contribution in [0.2, 0.25) is 0 Å². The van der Waals surface area contributed by atoms with Gasteiger partial charge in [-0.2, -0.15) is 5.10 Å². The number of aromatic nitrogens is 2. The first-order valence-electron chi connectivity index (χ1n) is 13.1. The summed E-state index contributed by atoms with van der Waals surface area (Å²) in [5.74, 6) is 0.256. The van der Waals surface area contributed by atoms with Crippen molar-refractivity contribution in [3.8, 4) is 5.69 Å². The van der Waals surface area contributed by atoms with Gasteiger partial charge in [-0.05, 0) is 90.4 Å². The summed E-state index contributed by atoms with van der Waals surface area (Å²) >= 11 is 1.48. The van der Waals surface area contributed by atoms with E-state index in [2.05, 4.69) is 22.1 Å². The topological polar surface area (TPSA) is 55.2 Å². The molecule has 0 atom stereocenters. The third kappa shape index (κ3) is 5.18. The number of ketones is 2. The minimum absolute atomic E-state index is 0.120. The van der Waals surface area contributed by atoms with Crippen LogP contribution < -0.4 is 4.90 Å². The Morgan fingerprint density at radius 3 is 2.21 bits per heavy atom. The summed E-state index contributed by atoms with van der Waals surface area (Å²) in [4.78, 5) is 28.6. The average Bonchev–Trinajstić information content (AvgIpc) is 3.65. The van der Waals surface area contributed by atoms with Gasteiger partial charge in [-0.25, -0.2) is 4.68 Å². The van der Waals surface area contributed by atoms with E-state index in [9.17, 15) is 9.59 Å². The van der Waals surface area contributed by atoms with Crippen molar-refractivity contribution in [1.29, 1.82) is 0 Å². The van der Waals surface area contributed by atoms with Crippen LogP contribution in [0, 0.1) is 0 Å². The van der Waals surface area contributed by atoms with Gasteiger partial charge in [0, 0.05) is 42.6 Å². The predicted octanol–water partition coefficient (Wildman–Crippen LogP) is 6.93. The minimum atomic E-state index is 0.120. The van der Waals surface area contributed by atoms with Gasteiger partial charge in [0.15, 0.2) is 11.6 Å². The van der Waals surface area contributed by atoms with Crippen molar-refractivity contribution in [2.24, 2.45) is 0 Å².